The van der Waals surface area contributed by atoms with E-state index in [0.29, 0.717) is 37.0 Å². The maximum absolute atomic E-state index is 13.3. The van der Waals surface area contributed by atoms with E-state index in [1.807, 2.05) is 11.9 Å². The summed E-state index contributed by atoms with van der Waals surface area (Å²) in [5, 5.41) is 5.49. The molecule has 0 radical (unpaired) electrons. The van der Waals surface area contributed by atoms with Gasteiger partial charge in [0.25, 0.3) is 0 Å². The molecule has 9 nitrogen and oxygen atoms in total. The highest BCUT2D eigenvalue weighted by atomic mass is 35.5. The van der Waals surface area contributed by atoms with E-state index >= 15 is 0 Å². The first kappa shape index (κ1) is 27.3. The van der Waals surface area contributed by atoms with Crippen LogP contribution in [-0.4, -0.2) is 99.4 Å². The molecule has 3 heterocycles. The van der Waals surface area contributed by atoms with Gasteiger partial charge in [-0.05, 0) is 80.7 Å². The Balaban J connectivity index is 1.21. The second kappa shape index (κ2) is 11.5. The number of hydrogen-bond acceptors (Lipinski definition) is 6. The molecule has 38 heavy (non-hydrogen) atoms. The molecule has 206 valence electrons. The van der Waals surface area contributed by atoms with Crippen molar-refractivity contribution in [3.63, 3.8) is 0 Å². The Kier molecular flexibility index (Phi) is 8.25. The van der Waals surface area contributed by atoms with Gasteiger partial charge in [-0.1, -0.05) is 23.7 Å². The van der Waals surface area contributed by atoms with Crippen molar-refractivity contribution >= 4 is 44.2 Å². The molecule has 0 spiro atoms. The van der Waals surface area contributed by atoms with Crippen LogP contribution in [-0.2, 0) is 19.6 Å². The van der Waals surface area contributed by atoms with Gasteiger partial charge in [0, 0.05) is 43.3 Å². The van der Waals surface area contributed by atoms with Gasteiger partial charge in [-0.2, -0.15) is 4.72 Å². The standard InChI is InChI=1S/C27H36ClN5O4S/c1-29-22-10-13-31(16-22)17-23-4-2-12-33(23)26(34)18-32-11-3-5-25(27(32)35)30-38(36,37)24-9-7-19-14-21(28)8-6-20(19)15-24/h6-9,14-15,22-23,25,29-30H,2-5,10-13,16-18H2,1H3. The summed E-state index contributed by atoms with van der Waals surface area (Å²) in [4.78, 5) is 32.5. The summed E-state index contributed by atoms with van der Waals surface area (Å²) in [5.74, 6) is -0.394. The van der Waals surface area contributed by atoms with Gasteiger partial charge in [-0.3, -0.25) is 14.5 Å². The van der Waals surface area contributed by atoms with Gasteiger partial charge in [0.15, 0.2) is 0 Å². The van der Waals surface area contributed by atoms with E-state index in [1.165, 1.54) is 11.0 Å². The molecular weight excluding hydrogens is 526 g/mol. The summed E-state index contributed by atoms with van der Waals surface area (Å²) < 4.78 is 28.9. The van der Waals surface area contributed by atoms with Gasteiger partial charge in [0.2, 0.25) is 21.8 Å². The number of fused-ring (bicyclic) bond motifs is 1. The van der Waals surface area contributed by atoms with E-state index in [0.717, 1.165) is 49.7 Å². The number of amides is 2. The number of piperidine rings is 1. The molecule has 5 rings (SSSR count). The molecule has 0 aromatic heterocycles. The fourth-order valence-electron chi connectivity index (χ4n) is 5.96. The average molecular weight is 562 g/mol. The van der Waals surface area contributed by atoms with Crippen molar-refractivity contribution in [2.45, 2.75) is 55.1 Å². The molecule has 2 aromatic carbocycles. The van der Waals surface area contributed by atoms with Crippen LogP contribution < -0.4 is 10.0 Å². The molecule has 2 aromatic rings. The number of hydrogen-bond donors (Lipinski definition) is 2. The first-order valence-corrected chi connectivity index (χ1v) is 15.3. The van der Waals surface area contributed by atoms with Crippen LogP contribution in [0.1, 0.15) is 32.1 Å². The number of halogens is 1. The number of sulfonamides is 1. The number of benzene rings is 2. The molecule has 3 atom stereocenters. The fourth-order valence-corrected chi connectivity index (χ4v) is 7.40. The highest BCUT2D eigenvalue weighted by molar-refractivity contribution is 7.89. The van der Waals surface area contributed by atoms with Gasteiger partial charge in [-0.15, -0.1) is 0 Å². The number of nitrogens with one attached hydrogen (secondary N) is 2. The van der Waals surface area contributed by atoms with Crippen LogP contribution in [0.4, 0.5) is 0 Å². The molecule has 3 unspecified atom stereocenters. The van der Waals surface area contributed by atoms with Gasteiger partial charge in [-0.25, -0.2) is 8.42 Å². The van der Waals surface area contributed by atoms with Crippen LogP contribution in [0.5, 0.6) is 0 Å². The molecule has 3 saturated heterocycles. The second-order valence-electron chi connectivity index (χ2n) is 10.6. The fraction of sp³-hybridized carbons (Fsp3) is 0.556. The van der Waals surface area contributed by atoms with Crippen molar-refractivity contribution in [2.75, 3.05) is 46.3 Å². The summed E-state index contributed by atoms with van der Waals surface area (Å²) in [6.45, 7) is 4.03. The zero-order chi connectivity index (χ0) is 26.9. The minimum absolute atomic E-state index is 0.0105. The Morgan fingerprint density at radius 1 is 1.03 bits per heavy atom. The molecule has 11 heteroatoms. The first-order valence-electron chi connectivity index (χ1n) is 13.4. The van der Waals surface area contributed by atoms with Gasteiger partial charge in [0.1, 0.15) is 6.04 Å². The van der Waals surface area contributed by atoms with Crippen molar-refractivity contribution < 1.29 is 18.0 Å². The Hall–Kier alpha value is -2.24. The molecule has 2 amide bonds. The second-order valence-corrected chi connectivity index (χ2v) is 12.8. The lowest BCUT2D eigenvalue weighted by atomic mass is 10.1. The van der Waals surface area contributed by atoms with Crippen LogP contribution in [0, 0.1) is 0 Å². The number of carbonyl (C=O) groups is 2. The van der Waals surface area contributed by atoms with Crippen molar-refractivity contribution in [3.05, 3.63) is 41.4 Å². The lowest BCUT2D eigenvalue weighted by Gasteiger charge is -2.34. The minimum Gasteiger partial charge on any atom is -0.337 e. The summed E-state index contributed by atoms with van der Waals surface area (Å²) in [7, 11) is -1.94. The third kappa shape index (κ3) is 5.99. The number of likely N-dealkylation sites (tertiary alicyclic amines) is 3. The molecule has 3 aliphatic rings. The van der Waals surface area contributed by atoms with Crippen LogP contribution in [0.25, 0.3) is 10.8 Å². The van der Waals surface area contributed by atoms with E-state index in [9.17, 15) is 18.0 Å². The molecule has 0 saturated carbocycles. The Bertz CT molecular complexity index is 1310. The number of nitrogens with zero attached hydrogens (tertiary/aromatic N) is 3. The zero-order valence-corrected chi connectivity index (χ0v) is 23.3. The summed E-state index contributed by atoms with van der Waals surface area (Å²) in [6.07, 6.45) is 4.09. The van der Waals surface area contributed by atoms with Crippen molar-refractivity contribution in [1.82, 2.24) is 24.7 Å². The lowest BCUT2D eigenvalue weighted by Crippen LogP contribution is -2.55. The number of carbonyl (C=O) groups excluding carboxylic acids is 2. The lowest BCUT2D eigenvalue weighted by molar-refractivity contribution is -0.143. The average Bonchev–Trinajstić information content (AvgIpc) is 3.55. The van der Waals surface area contributed by atoms with E-state index < -0.39 is 16.1 Å². The normalized spacial score (nSPS) is 25.0. The highest BCUT2D eigenvalue weighted by Gasteiger charge is 2.37. The van der Waals surface area contributed by atoms with E-state index in [1.54, 1.807) is 30.3 Å². The van der Waals surface area contributed by atoms with Crippen molar-refractivity contribution in [3.8, 4) is 0 Å². The third-order valence-corrected chi connectivity index (χ3v) is 9.79. The SMILES string of the molecule is CNC1CCN(CC2CCCN2C(=O)CN2CCCC(NS(=O)(=O)c3ccc4cc(Cl)ccc4c3)C2=O)C1. The van der Waals surface area contributed by atoms with Crippen molar-refractivity contribution in [1.29, 1.82) is 0 Å². The molecular formula is C27H36ClN5O4S. The third-order valence-electron chi connectivity index (χ3n) is 8.09. The maximum Gasteiger partial charge on any atom is 0.242 e. The van der Waals surface area contributed by atoms with Gasteiger partial charge < -0.3 is 15.1 Å². The minimum atomic E-state index is -3.93. The van der Waals surface area contributed by atoms with Crippen LogP contribution in [0.15, 0.2) is 41.3 Å². The molecule has 2 N–H and O–H groups in total. The highest BCUT2D eigenvalue weighted by Crippen LogP contribution is 2.25. The largest absolute Gasteiger partial charge is 0.337 e. The van der Waals surface area contributed by atoms with Crippen LogP contribution >= 0.6 is 11.6 Å². The predicted molar refractivity (Wildman–Crippen MR) is 148 cm³/mol. The van der Waals surface area contributed by atoms with Gasteiger partial charge in [0.05, 0.1) is 11.4 Å². The summed E-state index contributed by atoms with van der Waals surface area (Å²) in [5.41, 5.74) is 0. The monoisotopic (exact) mass is 561 g/mol. The number of likely N-dealkylation sites (N-methyl/N-ethyl adjacent to an activating group) is 1. The Morgan fingerprint density at radius 2 is 1.79 bits per heavy atom. The Morgan fingerprint density at radius 3 is 2.58 bits per heavy atom. The zero-order valence-electron chi connectivity index (χ0n) is 21.7. The quantitative estimate of drug-likeness (QED) is 0.511. The van der Waals surface area contributed by atoms with E-state index in [2.05, 4.69) is 14.9 Å². The number of rotatable bonds is 8. The van der Waals surface area contributed by atoms with Crippen molar-refractivity contribution in [2.24, 2.45) is 0 Å². The van der Waals surface area contributed by atoms with Crippen LogP contribution in [0.2, 0.25) is 5.02 Å². The molecule has 3 aliphatic heterocycles. The Labute approximate surface area is 229 Å². The molecule has 0 bridgehead atoms. The predicted octanol–water partition coefficient (Wildman–Crippen LogP) is 2.05. The summed E-state index contributed by atoms with van der Waals surface area (Å²) in [6, 6.07) is 9.83. The smallest absolute Gasteiger partial charge is 0.242 e. The molecule has 3 fully saturated rings. The topological polar surface area (TPSA) is 102 Å². The van der Waals surface area contributed by atoms with E-state index in [-0.39, 0.29) is 29.3 Å². The molecule has 0 aliphatic carbocycles. The maximum atomic E-state index is 13.3. The van der Waals surface area contributed by atoms with E-state index in [4.69, 9.17) is 11.6 Å². The first-order chi connectivity index (χ1) is 18.2. The van der Waals surface area contributed by atoms with Crippen LogP contribution in [0.3, 0.4) is 0 Å². The van der Waals surface area contributed by atoms with Gasteiger partial charge >= 0.3 is 0 Å². The summed E-state index contributed by atoms with van der Waals surface area (Å²) >= 11 is 6.04.